The van der Waals surface area contributed by atoms with Gasteiger partial charge in [-0.15, -0.1) is 0 Å². The fourth-order valence-corrected chi connectivity index (χ4v) is 2.87. The number of nitrogens with one attached hydrogen (secondary N) is 1. The molecule has 1 aromatic carbocycles. The summed E-state index contributed by atoms with van der Waals surface area (Å²) in [6.45, 7) is 4.48. The molecule has 1 aliphatic carbocycles. The van der Waals surface area contributed by atoms with Gasteiger partial charge in [-0.2, -0.15) is 0 Å². The zero-order chi connectivity index (χ0) is 19.4. The number of nitrogens with zero attached hydrogens (tertiary/aromatic N) is 3. The van der Waals surface area contributed by atoms with Crippen LogP contribution in [0.15, 0.2) is 36.4 Å². The minimum absolute atomic E-state index is 0.0121. The standard InChI is InChI=1S/C22H30N4O/c1-16-5-9-18(10-6-16)20-12-11-19(21(24-20)23-15-17-7-8-17)22(27)26(4)14-13-25(2)3/h5-6,9-12,17H,7-8,13-15H2,1-4H3,(H,23,24). The maximum absolute atomic E-state index is 13.0. The minimum Gasteiger partial charge on any atom is -0.369 e. The van der Waals surface area contributed by atoms with Crippen molar-refractivity contribution >= 4 is 11.7 Å². The van der Waals surface area contributed by atoms with E-state index in [9.17, 15) is 4.79 Å². The van der Waals surface area contributed by atoms with Crippen LogP contribution in [0, 0.1) is 12.8 Å². The molecule has 144 valence electrons. The number of pyridine rings is 1. The van der Waals surface area contributed by atoms with Gasteiger partial charge in [0.05, 0.1) is 11.3 Å². The average molecular weight is 367 g/mol. The molecule has 1 fully saturated rings. The van der Waals surface area contributed by atoms with Crippen LogP contribution in [0.4, 0.5) is 5.82 Å². The quantitative estimate of drug-likeness (QED) is 0.777. The molecule has 0 aliphatic heterocycles. The molecule has 0 bridgehead atoms. The summed E-state index contributed by atoms with van der Waals surface area (Å²) in [4.78, 5) is 21.6. The van der Waals surface area contributed by atoms with Gasteiger partial charge in [0.2, 0.25) is 0 Å². The van der Waals surface area contributed by atoms with Crippen LogP contribution in [-0.4, -0.2) is 61.5 Å². The third-order valence-electron chi connectivity index (χ3n) is 4.96. The molecular weight excluding hydrogens is 336 g/mol. The van der Waals surface area contributed by atoms with Gasteiger partial charge in [0, 0.05) is 32.2 Å². The Labute approximate surface area is 162 Å². The largest absolute Gasteiger partial charge is 0.369 e. The van der Waals surface area contributed by atoms with E-state index in [1.807, 2.05) is 33.3 Å². The lowest BCUT2D eigenvalue weighted by Crippen LogP contribution is -2.34. The van der Waals surface area contributed by atoms with E-state index in [0.717, 1.165) is 24.3 Å². The molecule has 3 rings (SSSR count). The normalized spacial score (nSPS) is 13.7. The summed E-state index contributed by atoms with van der Waals surface area (Å²) in [7, 11) is 5.88. The summed E-state index contributed by atoms with van der Waals surface area (Å²) in [5.74, 6) is 1.42. The first-order valence-corrected chi connectivity index (χ1v) is 9.66. The second-order valence-electron chi connectivity index (χ2n) is 7.81. The zero-order valence-corrected chi connectivity index (χ0v) is 16.8. The van der Waals surface area contributed by atoms with Crippen molar-refractivity contribution < 1.29 is 4.79 Å². The van der Waals surface area contributed by atoms with Crippen molar-refractivity contribution in [2.75, 3.05) is 46.1 Å². The Bertz CT molecular complexity index is 781. The Hall–Kier alpha value is -2.40. The third-order valence-corrected chi connectivity index (χ3v) is 4.96. The number of carbonyl (C=O) groups is 1. The van der Waals surface area contributed by atoms with Crippen molar-refractivity contribution in [3.63, 3.8) is 0 Å². The molecule has 0 saturated heterocycles. The molecule has 1 saturated carbocycles. The third kappa shape index (κ3) is 5.30. The van der Waals surface area contributed by atoms with Gasteiger partial charge < -0.3 is 15.1 Å². The summed E-state index contributed by atoms with van der Waals surface area (Å²) in [5, 5.41) is 3.43. The highest BCUT2D eigenvalue weighted by molar-refractivity contribution is 5.99. The monoisotopic (exact) mass is 366 g/mol. The molecule has 5 heteroatoms. The van der Waals surface area contributed by atoms with Gasteiger partial charge in [-0.25, -0.2) is 4.98 Å². The fraction of sp³-hybridized carbons (Fsp3) is 0.455. The molecule has 1 heterocycles. The SMILES string of the molecule is Cc1ccc(-c2ccc(C(=O)N(C)CCN(C)C)c(NCC3CC3)n2)cc1. The maximum atomic E-state index is 13.0. The lowest BCUT2D eigenvalue weighted by molar-refractivity contribution is 0.0787. The highest BCUT2D eigenvalue weighted by Crippen LogP contribution is 2.30. The van der Waals surface area contributed by atoms with Crippen molar-refractivity contribution in [2.24, 2.45) is 5.92 Å². The van der Waals surface area contributed by atoms with Crippen molar-refractivity contribution in [3.05, 3.63) is 47.5 Å². The van der Waals surface area contributed by atoms with Crippen LogP contribution in [0.2, 0.25) is 0 Å². The Morgan fingerprint density at radius 2 is 1.78 bits per heavy atom. The van der Waals surface area contributed by atoms with E-state index in [-0.39, 0.29) is 5.91 Å². The lowest BCUT2D eigenvalue weighted by atomic mass is 10.1. The Morgan fingerprint density at radius 1 is 1.07 bits per heavy atom. The zero-order valence-electron chi connectivity index (χ0n) is 16.8. The maximum Gasteiger partial charge on any atom is 0.257 e. The van der Waals surface area contributed by atoms with E-state index in [0.29, 0.717) is 23.8 Å². The van der Waals surface area contributed by atoms with Gasteiger partial charge in [0.15, 0.2) is 0 Å². The van der Waals surface area contributed by atoms with Crippen molar-refractivity contribution in [1.82, 2.24) is 14.8 Å². The topological polar surface area (TPSA) is 48.5 Å². The van der Waals surface area contributed by atoms with Crippen LogP contribution >= 0.6 is 0 Å². The molecule has 0 radical (unpaired) electrons. The van der Waals surface area contributed by atoms with E-state index < -0.39 is 0 Å². The lowest BCUT2D eigenvalue weighted by Gasteiger charge is -2.21. The summed E-state index contributed by atoms with van der Waals surface area (Å²) >= 11 is 0. The highest BCUT2D eigenvalue weighted by Gasteiger charge is 2.23. The number of hydrogen-bond donors (Lipinski definition) is 1. The molecule has 0 atom stereocenters. The van der Waals surface area contributed by atoms with Crippen LogP contribution in [0.5, 0.6) is 0 Å². The molecule has 2 aromatic rings. The number of amides is 1. The molecule has 1 amide bonds. The Morgan fingerprint density at radius 3 is 2.41 bits per heavy atom. The first kappa shape index (κ1) is 19.4. The van der Waals surface area contributed by atoms with Crippen molar-refractivity contribution in [3.8, 4) is 11.3 Å². The van der Waals surface area contributed by atoms with E-state index in [2.05, 4.69) is 41.4 Å². The number of hydrogen-bond acceptors (Lipinski definition) is 4. The number of likely N-dealkylation sites (N-methyl/N-ethyl adjacent to an activating group) is 2. The number of anilines is 1. The smallest absolute Gasteiger partial charge is 0.257 e. The first-order valence-electron chi connectivity index (χ1n) is 9.66. The molecule has 5 nitrogen and oxygen atoms in total. The van der Waals surface area contributed by atoms with E-state index in [1.54, 1.807) is 4.90 Å². The van der Waals surface area contributed by atoms with Crippen LogP contribution in [0.3, 0.4) is 0 Å². The molecule has 0 unspecified atom stereocenters. The van der Waals surface area contributed by atoms with Crippen LogP contribution < -0.4 is 5.32 Å². The first-order chi connectivity index (χ1) is 12.9. The summed E-state index contributed by atoms with van der Waals surface area (Å²) < 4.78 is 0. The minimum atomic E-state index is 0.0121. The van der Waals surface area contributed by atoms with Gasteiger partial charge in [0.25, 0.3) is 5.91 Å². The molecule has 27 heavy (non-hydrogen) atoms. The second-order valence-corrected chi connectivity index (χ2v) is 7.81. The number of rotatable bonds is 8. The van der Waals surface area contributed by atoms with Crippen molar-refractivity contribution in [1.29, 1.82) is 0 Å². The predicted molar refractivity (Wildman–Crippen MR) is 111 cm³/mol. The van der Waals surface area contributed by atoms with Gasteiger partial charge in [-0.1, -0.05) is 29.8 Å². The average Bonchev–Trinajstić information content (AvgIpc) is 3.48. The van der Waals surface area contributed by atoms with E-state index >= 15 is 0 Å². The molecule has 1 aromatic heterocycles. The fourth-order valence-electron chi connectivity index (χ4n) is 2.87. The summed E-state index contributed by atoms with van der Waals surface area (Å²) in [5.41, 5.74) is 3.82. The van der Waals surface area contributed by atoms with E-state index in [4.69, 9.17) is 4.98 Å². The molecular formula is C22H30N4O. The van der Waals surface area contributed by atoms with Gasteiger partial charge in [0.1, 0.15) is 5.82 Å². The molecule has 1 aliphatic rings. The molecule has 1 N–H and O–H groups in total. The number of benzene rings is 1. The second kappa shape index (κ2) is 8.53. The Balaban J connectivity index is 1.84. The summed E-state index contributed by atoms with van der Waals surface area (Å²) in [6, 6.07) is 12.2. The van der Waals surface area contributed by atoms with Crippen molar-refractivity contribution in [2.45, 2.75) is 19.8 Å². The van der Waals surface area contributed by atoms with Crippen LogP contribution in [0.25, 0.3) is 11.3 Å². The van der Waals surface area contributed by atoms with Gasteiger partial charge in [-0.3, -0.25) is 4.79 Å². The van der Waals surface area contributed by atoms with Crippen LogP contribution in [0.1, 0.15) is 28.8 Å². The number of aryl methyl sites for hydroxylation is 1. The summed E-state index contributed by atoms with van der Waals surface area (Å²) in [6.07, 6.45) is 2.52. The van der Waals surface area contributed by atoms with Gasteiger partial charge in [-0.05, 0) is 51.9 Å². The van der Waals surface area contributed by atoms with E-state index in [1.165, 1.54) is 18.4 Å². The Kier molecular flexibility index (Phi) is 6.11. The predicted octanol–water partition coefficient (Wildman–Crippen LogP) is 3.51. The van der Waals surface area contributed by atoms with Crippen LogP contribution in [-0.2, 0) is 0 Å². The van der Waals surface area contributed by atoms with Gasteiger partial charge >= 0.3 is 0 Å². The number of aromatic nitrogens is 1. The molecule has 0 spiro atoms. The highest BCUT2D eigenvalue weighted by atomic mass is 16.2. The number of carbonyl (C=O) groups excluding carboxylic acids is 1.